The molecule has 0 aliphatic heterocycles. The average molecular weight is 358 g/mol. The van der Waals surface area contributed by atoms with E-state index in [1.807, 2.05) is 0 Å². The van der Waals surface area contributed by atoms with E-state index in [1.165, 1.54) is 43.2 Å². The lowest BCUT2D eigenvalue weighted by Crippen LogP contribution is -2.17. The Kier molecular flexibility index (Phi) is 5.96. The summed E-state index contributed by atoms with van der Waals surface area (Å²) in [5.74, 6) is 0.799. The second kappa shape index (κ2) is 7.49. The van der Waals surface area contributed by atoms with Gasteiger partial charge in [-0.05, 0) is 36.8 Å². The van der Waals surface area contributed by atoms with Crippen LogP contribution < -0.4 is 0 Å². The molecule has 1 aliphatic rings. The maximum absolute atomic E-state index is 6.19. The van der Waals surface area contributed by atoms with Crippen molar-refractivity contribution in [1.82, 2.24) is 0 Å². The first-order chi connectivity index (χ1) is 8.81. The number of aryl methyl sites for hydroxylation is 1. The quantitative estimate of drug-likeness (QED) is 0.528. The molecule has 0 saturated heterocycles. The molecule has 1 saturated carbocycles. The van der Waals surface area contributed by atoms with Crippen LogP contribution in [-0.2, 0) is 4.74 Å². The minimum Gasteiger partial charge on any atom is -0.372 e. The van der Waals surface area contributed by atoms with Gasteiger partial charge in [-0.25, -0.2) is 0 Å². The Morgan fingerprint density at radius 1 is 1.22 bits per heavy atom. The second-order valence-electron chi connectivity index (χ2n) is 5.34. The summed E-state index contributed by atoms with van der Waals surface area (Å²) in [4.78, 5) is 0. The average Bonchev–Trinajstić information content (AvgIpc) is 2.42. The Bertz CT molecular complexity index is 358. The fourth-order valence-corrected chi connectivity index (χ4v) is 3.50. The fraction of sp³-hybridized carbons (Fsp3) is 0.625. The second-order valence-corrected chi connectivity index (χ2v) is 6.22. The van der Waals surface area contributed by atoms with Crippen molar-refractivity contribution in [3.05, 3.63) is 35.4 Å². The van der Waals surface area contributed by atoms with Gasteiger partial charge in [-0.2, -0.15) is 0 Å². The highest BCUT2D eigenvalue weighted by Gasteiger charge is 2.18. The van der Waals surface area contributed by atoms with Crippen LogP contribution in [0.2, 0.25) is 0 Å². The van der Waals surface area contributed by atoms with Crippen molar-refractivity contribution in [3.63, 3.8) is 0 Å². The van der Waals surface area contributed by atoms with Crippen molar-refractivity contribution in [1.29, 1.82) is 0 Å². The Labute approximate surface area is 124 Å². The summed E-state index contributed by atoms with van der Waals surface area (Å²) in [6.45, 7) is 3.13. The monoisotopic (exact) mass is 358 g/mol. The molecule has 0 amide bonds. The molecular formula is C16H23IO. The van der Waals surface area contributed by atoms with Gasteiger partial charge in [0, 0.05) is 4.43 Å². The molecule has 0 N–H and O–H groups in total. The number of benzene rings is 1. The first-order valence-corrected chi connectivity index (χ1v) is 8.57. The Balaban J connectivity index is 1.91. The van der Waals surface area contributed by atoms with Gasteiger partial charge < -0.3 is 4.74 Å². The van der Waals surface area contributed by atoms with Gasteiger partial charge >= 0.3 is 0 Å². The van der Waals surface area contributed by atoms with Crippen LogP contribution in [0.5, 0.6) is 0 Å². The minimum absolute atomic E-state index is 0.272. The van der Waals surface area contributed by atoms with E-state index in [0.29, 0.717) is 0 Å². The van der Waals surface area contributed by atoms with E-state index in [9.17, 15) is 0 Å². The van der Waals surface area contributed by atoms with Crippen LogP contribution in [-0.4, -0.2) is 11.0 Å². The molecule has 1 aromatic rings. The molecule has 0 aromatic heterocycles. The first kappa shape index (κ1) is 14.3. The molecule has 18 heavy (non-hydrogen) atoms. The lowest BCUT2D eigenvalue weighted by molar-refractivity contribution is 0.0342. The molecule has 0 radical (unpaired) electrons. The molecule has 1 nitrogen and oxygen atoms in total. The topological polar surface area (TPSA) is 9.23 Å². The summed E-state index contributed by atoms with van der Waals surface area (Å²) in [5.41, 5.74) is 2.71. The SMILES string of the molecule is Cc1ccccc1C(CI)OCC1CCCCC1. The maximum atomic E-state index is 6.19. The third-order valence-electron chi connectivity index (χ3n) is 3.93. The Hall–Kier alpha value is -0.0900. The lowest BCUT2D eigenvalue weighted by Gasteiger charge is -2.25. The zero-order valence-electron chi connectivity index (χ0n) is 11.2. The smallest absolute Gasteiger partial charge is 0.0916 e. The predicted octanol–water partition coefficient (Wildman–Crippen LogP) is 5.07. The van der Waals surface area contributed by atoms with Gasteiger partial charge in [0.25, 0.3) is 0 Å². The maximum Gasteiger partial charge on any atom is 0.0916 e. The van der Waals surface area contributed by atoms with Crippen molar-refractivity contribution < 1.29 is 4.74 Å². The number of hydrogen-bond acceptors (Lipinski definition) is 1. The largest absolute Gasteiger partial charge is 0.372 e. The van der Waals surface area contributed by atoms with Crippen molar-refractivity contribution in [2.24, 2.45) is 5.92 Å². The van der Waals surface area contributed by atoms with E-state index in [4.69, 9.17) is 4.74 Å². The van der Waals surface area contributed by atoms with Gasteiger partial charge in [-0.1, -0.05) is 66.1 Å². The summed E-state index contributed by atoms with van der Waals surface area (Å²) >= 11 is 2.44. The van der Waals surface area contributed by atoms with Gasteiger partial charge in [0.1, 0.15) is 0 Å². The standard InChI is InChI=1S/C16H23IO/c1-13-7-5-6-10-15(13)16(11-17)18-12-14-8-3-2-4-9-14/h5-7,10,14,16H,2-4,8-9,11-12H2,1H3. The molecule has 100 valence electrons. The predicted molar refractivity (Wildman–Crippen MR) is 85.3 cm³/mol. The van der Waals surface area contributed by atoms with E-state index >= 15 is 0 Å². The molecule has 1 atom stereocenters. The molecule has 1 unspecified atom stereocenters. The van der Waals surface area contributed by atoms with Gasteiger partial charge in [-0.15, -0.1) is 0 Å². The van der Waals surface area contributed by atoms with Crippen LogP contribution in [0.15, 0.2) is 24.3 Å². The normalized spacial score (nSPS) is 18.8. The van der Waals surface area contributed by atoms with Crippen LogP contribution in [0.3, 0.4) is 0 Å². The minimum atomic E-state index is 0.272. The van der Waals surface area contributed by atoms with Crippen LogP contribution in [0.4, 0.5) is 0 Å². The summed E-state index contributed by atoms with van der Waals surface area (Å²) in [6, 6.07) is 8.61. The molecular weight excluding hydrogens is 335 g/mol. The Morgan fingerprint density at radius 2 is 1.94 bits per heavy atom. The van der Waals surface area contributed by atoms with E-state index in [0.717, 1.165) is 17.0 Å². The van der Waals surface area contributed by atoms with Crippen molar-refractivity contribution in [2.45, 2.75) is 45.1 Å². The van der Waals surface area contributed by atoms with Crippen LogP contribution >= 0.6 is 22.6 Å². The number of ether oxygens (including phenoxy) is 1. The third-order valence-corrected chi connectivity index (χ3v) is 4.73. The van der Waals surface area contributed by atoms with E-state index < -0.39 is 0 Å². The number of rotatable bonds is 5. The molecule has 2 heteroatoms. The van der Waals surface area contributed by atoms with Crippen molar-refractivity contribution in [3.8, 4) is 0 Å². The van der Waals surface area contributed by atoms with Gasteiger partial charge in [-0.3, -0.25) is 0 Å². The Morgan fingerprint density at radius 3 is 2.61 bits per heavy atom. The lowest BCUT2D eigenvalue weighted by atomic mass is 9.90. The summed E-state index contributed by atoms with van der Waals surface area (Å²) in [5, 5.41) is 0. The summed E-state index contributed by atoms with van der Waals surface area (Å²) in [7, 11) is 0. The fourth-order valence-electron chi connectivity index (χ4n) is 2.77. The number of halogens is 1. The zero-order chi connectivity index (χ0) is 12.8. The molecule has 1 aliphatic carbocycles. The van der Waals surface area contributed by atoms with Gasteiger partial charge in [0.05, 0.1) is 12.7 Å². The number of hydrogen-bond donors (Lipinski definition) is 0. The van der Waals surface area contributed by atoms with Crippen LogP contribution in [0.1, 0.15) is 49.3 Å². The van der Waals surface area contributed by atoms with Crippen LogP contribution in [0.25, 0.3) is 0 Å². The molecule has 0 bridgehead atoms. The van der Waals surface area contributed by atoms with Gasteiger partial charge in [0.2, 0.25) is 0 Å². The van der Waals surface area contributed by atoms with E-state index in [2.05, 4.69) is 53.8 Å². The molecule has 1 aromatic carbocycles. The summed E-state index contributed by atoms with van der Waals surface area (Å²) < 4.78 is 7.23. The highest BCUT2D eigenvalue weighted by Crippen LogP contribution is 2.28. The zero-order valence-corrected chi connectivity index (χ0v) is 13.4. The van der Waals surface area contributed by atoms with Gasteiger partial charge in [0.15, 0.2) is 0 Å². The van der Waals surface area contributed by atoms with Crippen molar-refractivity contribution in [2.75, 3.05) is 11.0 Å². The van der Waals surface area contributed by atoms with E-state index in [-0.39, 0.29) is 6.10 Å². The highest BCUT2D eigenvalue weighted by atomic mass is 127. The summed E-state index contributed by atoms with van der Waals surface area (Å²) in [6.07, 6.45) is 7.21. The van der Waals surface area contributed by atoms with E-state index in [1.54, 1.807) is 0 Å². The third kappa shape index (κ3) is 3.95. The number of alkyl halides is 1. The first-order valence-electron chi connectivity index (χ1n) is 7.04. The molecule has 0 spiro atoms. The highest BCUT2D eigenvalue weighted by molar-refractivity contribution is 14.1. The molecule has 1 fully saturated rings. The molecule has 0 heterocycles. The van der Waals surface area contributed by atoms with Crippen LogP contribution in [0, 0.1) is 12.8 Å². The molecule has 2 rings (SSSR count). The van der Waals surface area contributed by atoms with Crippen molar-refractivity contribution >= 4 is 22.6 Å².